The van der Waals surface area contributed by atoms with E-state index in [1.807, 2.05) is 0 Å². The van der Waals surface area contributed by atoms with E-state index < -0.39 is 0 Å². The number of fused-ring (bicyclic) bond motifs is 5. The molecule has 3 fully saturated rings. The van der Waals surface area contributed by atoms with Crippen molar-refractivity contribution < 1.29 is 19.0 Å². The Bertz CT molecular complexity index is 728. The number of hydrogen-bond donors (Lipinski definition) is 1. The third-order valence-corrected chi connectivity index (χ3v) is 7.46. The number of carbonyl (C=O) groups excluding carboxylic acids is 1. The van der Waals surface area contributed by atoms with E-state index >= 15 is 0 Å². The van der Waals surface area contributed by atoms with Gasteiger partial charge >= 0.3 is 0 Å². The van der Waals surface area contributed by atoms with E-state index in [0.717, 1.165) is 57.4 Å². The third kappa shape index (κ3) is 4.36. The monoisotopic (exact) mass is 414 g/mol. The van der Waals surface area contributed by atoms with Crippen molar-refractivity contribution in [3.63, 3.8) is 0 Å². The summed E-state index contributed by atoms with van der Waals surface area (Å²) in [6.07, 6.45) is 6.64. The van der Waals surface area contributed by atoms with Gasteiger partial charge in [-0.15, -0.1) is 0 Å². The van der Waals surface area contributed by atoms with Crippen LogP contribution < -0.4 is 10.1 Å². The van der Waals surface area contributed by atoms with Gasteiger partial charge in [0.1, 0.15) is 12.4 Å². The predicted octanol–water partition coefficient (Wildman–Crippen LogP) is 2.72. The molecule has 0 radical (unpaired) electrons. The van der Waals surface area contributed by atoms with Crippen molar-refractivity contribution >= 4 is 5.91 Å². The van der Waals surface area contributed by atoms with Crippen LogP contribution >= 0.6 is 0 Å². The van der Waals surface area contributed by atoms with Crippen LogP contribution in [0.25, 0.3) is 0 Å². The van der Waals surface area contributed by atoms with E-state index in [9.17, 15) is 4.79 Å². The molecule has 6 rings (SSSR count). The highest BCUT2D eigenvalue weighted by atomic mass is 16.5. The predicted molar refractivity (Wildman–Crippen MR) is 114 cm³/mol. The first kappa shape index (κ1) is 20.3. The Morgan fingerprint density at radius 1 is 0.967 bits per heavy atom. The van der Waals surface area contributed by atoms with Crippen LogP contribution in [0.1, 0.15) is 50.0 Å². The summed E-state index contributed by atoms with van der Waals surface area (Å²) in [5.41, 5.74) is 1.36. The third-order valence-electron chi connectivity index (χ3n) is 7.46. The summed E-state index contributed by atoms with van der Waals surface area (Å²) < 4.78 is 18.1. The van der Waals surface area contributed by atoms with Crippen LogP contribution in [0.15, 0.2) is 24.3 Å². The van der Waals surface area contributed by atoms with E-state index in [2.05, 4.69) is 34.5 Å². The molecule has 1 saturated carbocycles. The molecule has 4 aliphatic heterocycles. The SMILES string of the molecule is O=C(N[C@H]1CCN2CCOc3ccccc3C3CCC(CC3)OC[C@@H]12)[C@@H]1CCOC1. The summed E-state index contributed by atoms with van der Waals surface area (Å²) >= 11 is 0. The van der Waals surface area contributed by atoms with Crippen molar-refractivity contribution in [3.8, 4) is 5.75 Å². The Kier molecular flexibility index (Phi) is 6.25. The van der Waals surface area contributed by atoms with Crippen molar-refractivity contribution in [1.82, 2.24) is 10.2 Å². The minimum atomic E-state index is 0.00448. The second kappa shape index (κ2) is 9.25. The summed E-state index contributed by atoms with van der Waals surface area (Å²) in [5, 5.41) is 3.32. The fraction of sp³-hybridized carbons (Fsp3) is 0.708. The van der Waals surface area contributed by atoms with Crippen LogP contribution in [-0.4, -0.2) is 68.5 Å². The van der Waals surface area contributed by atoms with Gasteiger partial charge in [-0.3, -0.25) is 9.69 Å². The lowest BCUT2D eigenvalue weighted by atomic mass is 9.82. The van der Waals surface area contributed by atoms with E-state index in [4.69, 9.17) is 14.2 Å². The number of nitrogens with one attached hydrogen (secondary N) is 1. The van der Waals surface area contributed by atoms with E-state index in [-0.39, 0.29) is 23.9 Å². The molecule has 5 aliphatic rings. The Hall–Kier alpha value is -1.63. The van der Waals surface area contributed by atoms with Gasteiger partial charge in [0.25, 0.3) is 0 Å². The summed E-state index contributed by atoms with van der Waals surface area (Å²) in [4.78, 5) is 15.1. The average Bonchev–Trinajstić information content (AvgIpc) is 3.44. The first-order valence-electron chi connectivity index (χ1n) is 11.7. The molecular formula is C24H34N2O4. The molecule has 30 heavy (non-hydrogen) atoms. The normalized spacial score (nSPS) is 34.7. The van der Waals surface area contributed by atoms with Gasteiger partial charge in [-0.1, -0.05) is 18.2 Å². The van der Waals surface area contributed by atoms with Crippen molar-refractivity contribution in [2.45, 2.75) is 62.6 Å². The Balaban J connectivity index is 1.29. The highest BCUT2D eigenvalue weighted by Crippen LogP contribution is 2.38. The van der Waals surface area contributed by atoms with Crippen molar-refractivity contribution in [2.24, 2.45) is 5.92 Å². The number of carbonyl (C=O) groups is 1. The molecule has 3 atom stereocenters. The molecule has 1 aromatic carbocycles. The topological polar surface area (TPSA) is 60.0 Å². The van der Waals surface area contributed by atoms with Crippen LogP contribution in [0, 0.1) is 5.92 Å². The maximum absolute atomic E-state index is 12.7. The summed E-state index contributed by atoms with van der Waals surface area (Å²) in [6, 6.07) is 8.91. The van der Waals surface area contributed by atoms with Crippen LogP contribution in [0.4, 0.5) is 0 Å². The first-order chi connectivity index (χ1) is 14.8. The van der Waals surface area contributed by atoms with Gasteiger partial charge in [-0.2, -0.15) is 0 Å². The molecule has 1 aliphatic carbocycles. The largest absolute Gasteiger partial charge is 0.492 e. The zero-order valence-electron chi connectivity index (χ0n) is 17.8. The average molecular weight is 415 g/mol. The van der Waals surface area contributed by atoms with Crippen LogP contribution in [0.3, 0.4) is 0 Å². The van der Waals surface area contributed by atoms with E-state index in [1.165, 1.54) is 5.56 Å². The van der Waals surface area contributed by atoms with Gasteiger partial charge in [0.2, 0.25) is 5.91 Å². The quantitative estimate of drug-likeness (QED) is 0.806. The highest BCUT2D eigenvalue weighted by molar-refractivity contribution is 5.79. The maximum Gasteiger partial charge on any atom is 0.225 e. The Labute approximate surface area is 179 Å². The Morgan fingerprint density at radius 2 is 1.83 bits per heavy atom. The number of rotatable bonds is 2. The molecule has 4 heterocycles. The second-order valence-electron chi connectivity index (χ2n) is 9.26. The van der Waals surface area contributed by atoms with Gasteiger partial charge in [-0.05, 0) is 56.1 Å². The number of hydrogen-bond acceptors (Lipinski definition) is 5. The zero-order valence-corrected chi connectivity index (χ0v) is 17.8. The minimum Gasteiger partial charge on any atom is -0.492 e. The van der Waals surface area contributed by atoms with Gasteiger partial charge < -0.3 is 19.5 Å². The fourth-order valence-corrected chi connectivity index (χ4v) is 5.62. The molecule has 164 valence electrons. The molecule has 2 saturated heterocycles. The summed E-state index contributed by atoms with van der Waals surface area (Å²) in [6.45, 7) is 4.44. The smallest absolute Gasteiger partial charge is 0.225 e. The van der Waals surface area contributed by atoms with Crippen LogP contribution in [-0.2, 0) is 14.3 Å². The van der Waals surface area contributed by atoms with Gasteiger partial charge in [-0.25, -0.2) is 0 Å². The molecule has 6 heteroatoms. The number of ether oxygens (including phenoxy) is 3. The zero-order chi connectivity index (χ0) is 20.3. The maximum atomic E-state index is 12.7. The molecule has 0 unspecified atom stereocenters. The lowest BCUT2D eigenvalue weighted by molar-refractivity contribution is -0.126. The minimum absolute atomic E-state index is 0.00448. The number of benzene rings is 1. The lowest BCUT2D eigenvalue weighted by Crippen LogP contribution is -2.50. The molecule has 0 spiro atoms. The molecule has 1 N–H and O–H groups in total. The molecule has 0 aromatic heterocycles. The number of nitrogens with zero attached hydrogens (tertiary/aromatic N) is 1. The van der Waals surface area contributed by atoms with Gasteiger partial charge in [0.05, 0.1) is 31.3 Å². The highest BCUT2D eigenvalue weighted by Gasteiger charge is 2.38. The number of para-hydroxylation sites is 1. The van der Waals surface area contributed by atoms with Crippen LogP contribution in [0.2, 0.25) is 0 Å². The van der Waals surface area contributed by atoms with Crippen molar-refractivity contribution in [2.75, 3.05) is 39.5 Å². The fourth-order valence-electron chi connectivity index (χ4n) is 5.62. The molecule has 1 aromatic rings. The molecule has 2 bridgehead atoms. The van der Waals surface area contributed by atoms with Gasteiger partial charge in [0, 0.05) is 25.7 Å². The molecule has 6 nitrogen and oxygen atoms in total. The number of amides is 1. The summed E-state index contributed by atoms with van der Waals surface area (Å²) in [7, 11) is 0. The summed E-state index contributed by atoms with van der Waals surface area (Å²) in [5.74, 6) is 1.77. The van der Waals surface area contributed by atoms with Crippen molar-refractivity contribution in [3.05, 3.63) is 29.8 Å². The first-order valence-corrected chi connectivity index (χ1v) is 11.7. The van der Waals surface area contributed by atoms with Gasteiger partial charge in [0.15, 0.2) is 0 Å². The van der Waals surface area contributed by atoms with E-state index in [0.29, 0.717) is 38.4 Å². The standard InChI is InChI=1S/C24H34N2O4/c27-24(18-10-13-28-15-18)25-21-9-11-26-12-14-29-23-4-2-1-3-20(23)17-5-7-19(8-6-17)30-16-22(21)26/h1-4,17-19,21-22H,5-16H2,(H,25,27)/t17?,18-,19?,21+,22+/m1/s1. The lowest BCUT2D eigenvalue weighted by Gasteiger charge is -2.32. The second-order valence-corrected chi connectivity index (χ2v) is 9.26. The Morgan fingerprint density at radius 3 is 2.67 bits per heavy atom. The van der Waals surface area contributed by atoms with E-state index in [1.54, 1.807) is 0 Å². The molecule has 1 amide bonds. The van der Waals surface area contributed by atoms with Crippen molar-refractivity contribution in [1.29, 1.82) is 0 Å². The van der Waals surface area contributed by atoms with Crippen LogP contribution in [0.5, 0.6) is 5.75 Å². The molecular weight excluding hydrogens is 380 g/mol.